The average molecular weight is 293 g/mol. The SMILES string of the molecule is Cc1cc(C(N)C2CCC3CCCCC3C2)c(F)cc1F. The van der Waals surface area contributed by atoms with E-state index in [1.54, 1.807) is 13.0 Å². The van der Waals surface area contributed by atoms with Gasteiger partial charge in [-0.2, -0.15) is 0 Å². The van der Waals surface area contributed by atoms with Gasteiger partial charge in [0.25, 0.3) is 0 Å². The maximum atomic E-state index is 14.0. The van der Waals surface area contributed by atoms with Gasteiger partial charge in [-0.25, -0.2) is 8.78 Å². The van der Waals surface area contributed by atoms with Crippen LogP contribution in [0.2, 0.25) is 0 Å². The molecule has 2 fully saturated rings. The van der Waals surface area contributed by atoms with Gasteiger partial charge in [0.2, 0.25) is 0 Å². The molecule has 0 heterocycles. The molecule has 1 aromatic rings. The fourth-order valence-corrected chi connectivity index (χ4v) is 4.42. The van der Waals surface area contributed by atoms with E-state index >= 15 is 0 Å². The monoisotopic (exact) mass is 293 g/mol. The van der Waals surface area contributed by atoms with Gasteiger partial charge in [0, 0.05) is 17.7 Å². The quantitative estimate of drug-likeness (QED) is 0.826. The second-order valence-electron chi connectivity index (χ2n) is 7.03. The van der Waals surface area contributed by atoms with Crippen molar-refractivity contribution in [2.24, 2.45) is 23.5 Å². The Morgan fingerprint density at radius 1 is 1.00 bits per heavy atom. The zero-order chi connectivity index (χ0) is 15.0. The number of benzene rings is 1. The van der Waals surface area contributed by atoms with Crippen LogP contribution in [0, 0.1) is 36.3 Å². The van der Waals surface area contributed by atoms with Crippen molar-refractivity contribution in [3.63, 3.8) is 0 Å². The van der Waals surface area contributed by atoms with Crippen molar-refractivity contribution >= 4 is 0 Å². The van der Waals surface area contributed by atoms with Gasteiger partial charge in [-0.1, -0.05) is 25.7 Å². The Hall–Kier alpha value is -0.960. The fourth-order valence-electron chi connectivity index (χ4n) is 4.42. The van der Waals surface area contributed by atoms with Gasteiger partial charge in [0.1, 0.15) is 11.6 Å². The normalized spacial score (nSPS) is 30.8. The van der Waals surface area contributed by atoms with Gasteiger partial charge in [0.05, 0.1) is 0 Å². The largest absolute Gasteiger partial charge is 0.324 e. The van der Waals surface area contributed by atoms with E-state index in [1.165, 1.54) is 32.1 Å². The zero-order valence-electron chi connectivity index (χ0n) is 12.7. The lowest BCUT2D eigenvalue weighted by Gasteiger charge is -2.41. The molecular weight excluding hydrogens is 268 g/mol. The van der Waals surface area contributed by atoms with Gasteiger partial charge in [0.15, 0.2) is 0 Å². The molecule has 0 saturated heterocycles. The Kier molecular flexibility index (Phi) is 4.30. The summed E-state index contributed by atoms with van der Waals surface area (Å²) in [7, 11) is 0. The standard InChI is InChI=1S/C18H25F2N/c1-11-8-15(17(20)10-16(11)19)18(21)14-7-6-12-4-2-3-5-13(12)9-14/h8,10,12-14,18H,2-7,9,21H2,1H3. The minimum absolute atomic E-state index is 0.299. The van der Waals surface area contributed by atoms with Crippen LogP contribution in [0.25, 0.3) is 0 Å². The Morgan fingerprint density at radius 2 is 1.71 bits per heavy atom. The predicted octanol–water partition coefficient (Wildman–Crippen LogP) is 4.88. The summed E-state index contributed by atoms with van der Waals surface area (Å²) >= 11 is 0. The van der Waals surface area contributed by atoms with Crippen molar-refractivity contribution in [1.29, 1.82) is 0 Å². The number of aryl methyl sites for hydroxylation is 1. The molecule has 0 aliphatic heterocycles. The highest BCUT2D eigenvalue weighted by Gasteiger charge is 2.35. The van der Waals surface area contributed by atoms with Crippen LogP contribution in [-0.2, 0) is 0 Å². The molecule has 0 aromatic heterocycles. The molecule has 0 radical (unpaired) electrons. The minimum atomic E-state index is -0.489. The number of hydrogen-bond acceptors (Lipinski definition) is 1. The summed E-state index contributed by atoms with van der Waals surface area (Å²) in [5.74, 6) is 0.995. The molecule has 0 spiro atoms. The van der Waals surface area contributed by atoms with Gasteiger partial charge < -0.3 is 5.73 Å². The Morgan fingerprint density at radius 3 is 2.48 bits per heavy atom. The highest BCUT2D eigenvalue weighted by molar-refractivity contribution is 5.28. The summed E-state index contributed by atoms with van der Waals surface area (Å²) in [4.78, 5) is 0. The first-order valence-corrected chi connectivity index (χ1v) is 8.27. The average Bonchev–Trinajstić information content (AvgIpc) is 2.50. The van der Waals surface area contributed by atoms with Crippen LogP contribution in [0.15, 0.2) is 12.1 Å². The molecule has 1 aromatic carbocycles. The first-order valence-electron chi connectivity index (χ1n) is 8.27. The molecule has 21 heavy (non-hydrogen) atoms. The number of fused-ring (bicyclic) bond motifs is 1. The summed E-state index contributed by atoms with van der Waals surface area (Å²) < 4.78 is 27.5. The summed E-state index contributed by atoms with van der Waals surface area (Å²) in [5.41, 5.74) is 7.32. The first-order chi connectivity index (χ1) is 10.1. The number of nitrogens with two attached hydrogens (primary N) is 1. The van der Waals surface area contributed by atoms with E-state index in [2.05, 4.69) is 0 Å². The lowest BCUT2D eigenvalue weighted by Crippen LogP contribution is -2.33. The van der Waals surface area contributed by atoms with Crippen LogP contribution >= 0.6 is 0 Å². The van der Waals surface area contributed by atoms with Crippen LogP contribution in [-0.4, -0.2) is 0 Å². The lowest BCUT2D eigenvalue weighted by molar-refractivity contribution is 0.116. The van der Waals surface area contributed by atoms with Crippen LogP contribution in [0.5, 0.6) is 0 Å². The number of hydrogen-bond donors (Lipinski definition) is 1. The maximum Gasteiger partial charge on any atom is 0.130 e. The molecule has 2 aliphatic rings. The fraction of sp³-hybridized carbons (Fsp3) is 0.667. The Balaban J connectivity index is 1.76. The Labute approximate surface area is 125 Å². The lowest BCUT2D eigenvalue weighted by atomic mass is 9.65. The van der Waals surface area contributed by atoms with Crippen molar-refractivity contribution in [2.75, 3.05) is 0 Å². The van der Waals surface area contributed by atoms with Gasteiger partial charge in [-0.15, -0.1) is 0 Å². The van der Waals surface area contributed by atoms with E-state index in [1.807, 2.05) is 0 Å². The molecule has 116 valence electrons. The smallest absolute Gasteiger partial charge is 0.130 e. The summed E-state index contributed by atoms with van der Waals surface area (Å²) in [5, 5.41) is 0. The third-order valence-corrected chi connectivity index (χ3v) is 5.73. The van der Waals surface area contributed by atoms with Crippen LogP contribution in [0.4, 0.5) is 8.78 Å². The molecule has 2 N–H and O–H groups in total. The summed E-state index contributed by atoms with van der Waals surface area (Å²) in [6.07, 6.45) is 8.77. The second-order valence-corrected chi connectivity index (χ2v) is 7.03. The molecule has 2 aliphatic carbocycles. The van der Waals surface area contributed by atoms with E-state index in [0.29, 0.717) is 17.0 Å². The van der Waals surface area contributed by atoms with Crippen molar-refractivity contribution < 1.29 is 8.78 Å². The number of rotatable bonds is 2. The van der Waals surface area contributed by atoms with Crippen molar-refractivity contribution in [3.05, 3.63) is 34.9 Å². The molecule has 0 bridgehead atoms. The predicted molar refractivity (Wildman–Crippen MR) is 80.8 cm³/mol. The molecule has 4 unspecified atom stereocenters. The molecule has 3 rings (SSSR count). The third kappa shape index (κ3) is 2.98. The van der Waals surface area contributed by atoms with E-state index in [9.17, 15) is 8.78 Å². The third-order valence-electron chi connectivity index (χ3n) is 5.73. The minimum Gasteiger partial charge on any atom is -0.324 e. The molecule has 4 atom stereocenters. The highest BCUT2D eigenvalue weighted by Crippen LogP contribution is 2.45. The summed E-state index contributed by atoms with van der Waals surface area (Å²) in [6, 6.07) is 2.28. The van der Waals surface area contributed by atoms with Crippen molar-refractivity contribution in [3.8, 4) is 0 Å². The topological polar surface area (TPSA) is 26.0 Å². The highest BCUT2D eigenvalue weighted by atomic mass is 19.1. The number of halogens is 2. The van der Waals surface area contributed by atoms with Gasteiger partial charge in [-0.05, 0) is 55.6 Å². The van der Waals surface area contributed by atoms with E-state index in [4.69, 9.17) is 5.73 Å². The first kappa shape index (κ1) is 15.0. The van der Waals surface area contributed by atoms with E-state index in [0.717, 1.165) is 30.7 Å². The molecule has 0 amide bonds. The molecule has 1 nitrogen and oxygen atoms in total. The van der Waals surface area contributed by atoms with Crippen LogP contribution in [0.3, 0.4) is 0 Å². The van der Waals surface area contributed by atoms with Crippen LogP contribution in [0.1, 0.15) is 62.1 Å². The van der Waals surface area contributed by atoms with E-state index < -0.39 is 11.6 Å². The van der Waals surface area contributed by atoms with Gasteiger partial charge in [-0.3, -0.25) is 0 Å². The van der Waals surface area contributed by atoms with Crippen LogP contribution < -0.4 is 5.73 Å². The maximum absolute atomic E-state index is 14.0. The zero-order valence-corrected chi connectivity index (χ0v) is 12.7. The van der Waals surface area contributed by atoms with Crippen molar-refractivity contribution in [1.82, 2.24) is 0 Å². The molecule has 3 heteroatoms. The van der Waals surface area contributed by atoms with Gasteiger partial charge >= 0.3 is 0 Å². The van der Waals surface area contributed by atoms with E-state index in [-0.39, 0.29) is 6.04 Å². The van der Waals surface area contributed by atoms with Crippen molar-refractivity contribution in [2.45, 2.75) is 57.9 Å². The second kappa shape index (κ2) is 6.04. The molecular formula is C18H25F2N. The summed E-state index contributed by atoms with van der Waals surface area (Å²) in [6.45, 7) is 1.67. The Bertz CT molecular complexity index is 514. The molecule has 2 saturated carbocycles.